The van der Waals surface area contributed by atoms with Crippen molar-refractivity contribution in [1.82, 2.24) is 24.8 Å². The second kappa shape index (κ2) is 7.61. The molecule has 26 heavy (non-hydrogen) atoms. The third-order valence-electron chi connectivity index (χ3n) is 4.60. The van der Waals surface area contributed by atoms with Gasteiger partial charge in [0.2, 0.25) is 5.95 Å². The highest BCUT2D eigenvalue weighted by molar-refractivity contribution is 5.92. The molecule has 0 bridgehead atoms. The second-order valence-electron chi connectivity index (χ2n) is 6.18. The van der Waals surface area contributed by atoms with Gasteiger partial charge in [-0.05, 0) is 6.07 Å². The summed E-state index contributed by atoms with van der Waals surface area (Å²) in [6, 6.07) is 1.92. The van der Waals surface area contributed by atoms with Gasteiger partial charge >= 0.3 is 0 Å². The quantitative estimate of drug-likeness (QED) is 0.764. The van der Waals surface area contributed by atoms with E-state index in [0.29, 0.717) is 32.0 Å². The average Bonchev–Trinajstić information content (AvgIpc) is 2.75. The highest BCUT2D eigenvalue weighted by Crippen LogP contribution is 2.18. The minimum Gasteiger partial charge on any atom is -0.378 e. The molecule has 1 amide bonds. The van der Waals surface area contributed by atoms with Crippen LogP contribution in [0, 0.1) is 0 Å². The van der Waals surface area contributed by atoms with Crippen LogP contribution in [-0.4, -0.2) is 83.2 Å². The Bertz CT molecular complexity index is 744. The molecule has 9 nitrogen and oxygen atoms in total. The Morgan fingerprint density at radius 2 is 1.73 bits per heavy atom. The van der Waals surface area contributed by atoms with E-state index in [2.05, 4.69) is 24.8 Å². The Morgan fingerprint density at radius 3 is 2.46 bits per heavy atom. The number of morpholine rings is 1. The number of rotatable bonds is 3. The minimum atomic E-state index is -0.0746. The van der Waals surface area contributed by atoms with E-state index < -0.39 is 0 Å². The standard InChI is InChI=1S/C17H21N7O2/c25-16(14-13-18-3-4-19-14)23-7-5-22(6-8-23)15-1-2-20-17(21-15)24-9-11-26-12-10-24/h1-4,13H,5-12H2. The van der Waals surface area contributed by atoms with Crippen LogP contribution in [0.1, 0.15) is 10.5 Å². The molecular formula is C17H21N7O2. The van der Waals surface area contributed by atoms with E-state index in [1.54, 1.807) is 12.4 Å². The number of anilines is 2. The molecule has 2 fully saturated rings. The van der Waals surface area contributed by atoms with E-state index in [0.717, 1.165) is 37.9 Å². The predicted octanol–water partition coefficient (Wildman–Crippen LogP) is 0.0656. The first kappa shape index (κ1) is 16.6. The van der Waals surface area contributed by atoms with Crippen molar-refractivity contribution in [3.63, 3.8) is 0 Å². The van der Waals surface area contributed by atoms with Crippen LogP contribution in [0.3, 0.4) is 0 Å². The lowest BCUT2D eigenvalue weighted by molar-refractivity contribution is 0.0740. The SMILES string of the molecule is O=C(c1cnccn1)N1CCN(c2ccnc(N3CCOCC3)n2)CC1. The first-order valence-corrected chi connectivity index (χ1v) is 8.77. The number of hydrogen-bond acceptors (Lipinski definition) is 8. The monoisotopic (exact) mass is 355 g/mol. The number of aromatic nitrogens is 4. The van der Waals surface area contributed by atoms with Gasteiger partial charge in [-0.2, -0.15) is 4.98 Å². The summed E-state index contributed by atoms with van der Waals surface area (Å²) in [7, 11) is 0. The van der Waals surface area contributed by atoms with E-state index in [9.17, 15) is 4.79 Å². The molecule has 0 saturated carbocycles. The van der Waals surface area contributed by atoms with Crippen LogP contribution in [0.15, 0.2) is 30.9 Å². The maximum atomic E-state index is 12.5. The van der Waals surface area contributed by atoms with Crippen molar-refractivity contribution in [2.45, 2.75) is 0 Å². The number of piperazine rings is 1. The van der Waals surface area contributed by atoms with Crippen LogP contribution in [0.4, 0.5) is 11.8 Å². The summed E-state index contributed by atoms with van der Waals surface area (Å²) in [4.78, 5) is 35.8. The van der Waals surface area contributed by atoms with Crippen molar-refractivity contribution in [2.24, 2.45) is 0 Å². The first-order valence-electron chi connectivity index (χ1n) is 8.77. The summed E-state index contributed by atoms with van der Waals surface area (Å²) in [5, 5.41) is 0. The van der Waals surface area contributed by atoms with Crippen LogP contribution >= 0.6 is 0 Å². The molecule has 0 N–H and O–H groups in total. The number of ether oxygens (including phenoxy) is 1. The Hall–Kier alpha value is -2.81. The summed E-state index contributed by atoms with van der Waals surface area (Å²) < 4.78 is 5.38. The van der Waals surface area contributed by atoms with Crippen LogP contribution in [0.5, 0.6) is 0 Å². The first-order chi connectivity index (χ1) is 12.8. The van der Waals surface area contributed by atoms with E-state index in [1.165, 1.54) is 12.4 Å². The lowest BCUT2D eigenvalue weighted by Gasteiger charge is -2.35. The lowest BCUT2D eigenvalue weighted by Crippen LogP contribution is -2.49. The fourth-order valence-electron chi connectivity index (χ4n) is 3.14. The van der Waals surface area contributed by atoms with E-state index in [4.69, 9.17) is 9.72 Å². The molecule has 0 radical (unpaired) electrons. The van der Waals surface area contributed by atoms with Crippen LogP contribution in [-0.2, 0) is 4.74 Å². The average molecular weight is 355 g/mol. The number of amides is 1. The molecule has 4 heterocycles. The molecule has 4 rings (SSSR count). The van der Waals surface area contributed by atoms with E-state index in [1.807, 2.05) is 11.0 Å². The lowest BCUT2D eigenvalue weighted by atomic mass is 10.2. The molecular weight excluding hydrogens is 334 g/mol. The Kier molecular flexibility index (Phi) is 4.87. The summed E-state index contributed by atoms with van der Waals surface area (Å²) in [5.41, 5.74) is 0.387. The topological polar surface area (TPSA) is 87.6 Å². The summed E-state index contributed by atoms with van der Waals surface area (Å²) in [6.45, 7) is 5.75. The molecule has 2 aromatic heterocycles. The molecule has 0 unspecified atom stereocenters. The molecule has 2 saturated heterocycles. The number of carbonyl (C=O) groups excluding carboxylic acids is 1. The van der Waals surface area contributed by atoms with Crippen molar-refractivity contribution in [1.29, 1.82) is 0 Å². The minimum absolute atomic E-state index is 0.0746. The maximum absolute atomic E-state index is 12.5. The maximum Gasteiger partial charge on any atom is 0.274 e. The molecule has 0 spiro atoms. The number of hydrogen-bond donors (Lipinski definition) is 0. The van der Waals surface area contributed by atoms with Crippen LogP contribution < -0.4 is 9.80 Å². The van der Waals surface area contributed by atoms with Gasteiger partial charge in [0.1, 0.15) is 11.5 Å². The number of nitrogens with zero attached hydrogens (tertiary/aromatic N) is 7. The fraction of sp³-hybridized carbons (Fsp3) is 0.471. The zero-order valence-corrected chi connectivity index (χ0v) is 14.5. The molecule has 9 heteroatoms. The summed E-state index contributed by atoms with van der Waals surface area (Å²) in [6.07, 6.45) is 6.41. The Morgan fingerprint density at radius 1 is 0.923 bits per heavy atom. The van der Waals surface area contributed by atoms with Gasteiger partial charge in [0.15, 0.2) is 0 Å². The van der Waals surface area contributed by atoms with E-state index in [-0.39, 0.29) is 5.91 Å². The van der Waals surface area contributed by atoms with Gasteiger partial charge < -0.3 is 19.4 Å². The summed E-state index contributed by atoms with van der Waals surface area (Å²) in [5.74, 6) is 1.56. The van der Waals surface area contributed by atoms with Crippen molar-refractivity contribution >= 4 is 17.7 Å². The molecule has 0 aromatic carbocycles. The molecule has 2 aliphatic rings. The van der Waals surface area contributed by atoms with Gasteiger partial charge in [0.25, 0.3) is 5.91 Å². The number of carbonyl (C=O) groups is 1. The van der Waals surface area contributed by atoms with Gasteiger partial charge in [0.05, 0.1) is 19.4 Å². The Labute approximate surface area is 151 Å². The van der Waals surface area contributed by atoms with Crippen molar-refractivity contribution < 1.29 is 9.53 Å². The normalized spacial score (nSPS) is 18.1. The zero-order chi connectivity index (χ0) is 17.8. The van der Waals surface area contributed by atoms with Crippen LogP contribution in [0.25, 0.3) is 0 Å². The smallest absolute Gasteiger partial charge is 0.274 e. The fourth-order valence-corrected chi connectivity index (χ4v) is 3.14. The molecule has 2 aliphatic heterocycles. The summed E-state index contributed by atoms with van der Waals surface area (Å²) >= 11 is 0. The van der Waals surface area contributed by atoms with Gasteiger partial charge in [-0.15, -0.1) is 0 Å². The third kappa shape index (κ3) is 3.57. The molecule has 136 valence electrons. The van der Waals surface area contributed by atoms with Crippen molar-refractivity contribution in [2.75, 3.05) is 62.3 Å². The van der Waals surface area contributed by atoms with Crippen molar-refractivity contribution in [3.05, 3.63) is 36.5 Å². The van der Waals surface area contributed by atoms with Gasteiger partial charge in [0, 0.05) is 57.9 Å². The third-order valence-corrected chi connectivity index (χ3v) is 4.60. The molecule has 0 atom stereocenters. The highest BCUT2D eigenvalue weighted by Gasteiger charge is 2.24. The largest absolute Gasteiger partial charge is 0.378 e. The van der Waals surface area contributed by atoms with Crippen molar-refractivity contribution in [3.8, 4) is 0 Å². The van der Waals surface area contributed by atoms with E-state index >= 15 is 0 Å². The van der Waals surface area contributed by atoms with Gasteiger partial charge in [-0.3, -0.25) is 9.78 Å². The Balaban J connectivity index is 1.39. The molecule has 2 aromatic rings. The molecule has 0 aliphatic carbocycles. The predicted molar refractivity (Wildman–Crippen MR) is 95.2 cm³/mol. The highest BCUT2D eigenvalue weighted by atomic mass is 16.5. The van der Waals surface area contributed by atoms with Crippen LogP contribution in [0.2, 0.25) is 0 Å². The van der Waals surface area contributed by atoms with Gasteiger partial charge in [-0.1, -0.05) is 0 Å². The zero-order valence-electron chi connectivity index (χ0n) is 14.5. The van der Waals surface area contributed by atoms with Gasteiger partial charge in [-0.25, -0.2) is 9.97 Å². The second-order valence-corrected chi connectivity index (χ2v) is 6.18.